The van der Waals surface area contributed by atoms with Crippen molar-refractivity contribution in [2.24, 2.45) is 0 Å². The molecule has 2 rings (SSSR count). The van der Waals surface area contributed by atoms with Crippen molar-refractivity contribution in [3.05, 3.63) is 48.0 Å². The van der Waals surface area contributed by atoms with E-state index in [0.29, 0.717) is 23.5 Å². The van der Waals surface area contributed by atoms with Crippen LogP contribution in [0, 0.1) is 0 Å². The molecular formula is C15H16N2O3. The van der Waals surface area contributed by atoms with Crippen LogP contribution in [0.25, 0.3) is 0 Å². The second-order valence-corrected chi connectivity index (χ2v) is 4.19. The number of nitrogen functional groups attached to an aromatic ring is 1. The fourth-order valence-electron chi connectivity index (χ4n) is 1.72. The monoisotopic (exact) mass is 272 g/mol. The van der Waals surface area contributed by atoms with Crippen molar-refractivity contribution < 1.29 is 14.6 Å². The van der Waals surface area contributed by atoms with Crippen molar-refractivity contribution in [3.8, 4) is 5.75 Å². The first kappa shape index (κ1) is 13.7. The fourth-order valence-corrected chi connectivity index (χ4v) is 1.72. The second kappa shape index (κ2) is 5.97. The highest BCUT2D eigenvalue weighted by Gasteiger charge is 2.09. The predicted octanol–water partition coefficient (Wildman–Crippen LogP) is 2.89. The van der Waals surface area contributed by atoms with Crippen LogP contribution in [-0.4, -0.2) is 17.7 Å². The zero-order valence-corrected chi connectivity index (χ0v) is 11.1. The van der Waals surface area contributed by atoms with Gasteiger partial charge in [-0.2, -0.15) is 0 Å². The third kappa shape index (κ3) is 3.20. The van der Waals surface area contributed by atoms with Crippen molar-refractivity contribution in [2.45, 2.75) is 6.92 Å². The summed E-state index contributed by atoms with van der Waals surface area (Å²) in [5.41, 5.74) is 8.25. The topological polar surface area (TPSA) is 84.6 Å². The number of nitrogens with two attached hydrogens (primary N) is 1. The molecule has 0 aromatic heterocycles. The number of phenolic OH excluding ortho intramolecular Hbond substituents is 1. The zero-order chi connectivity index (χ0) is 14.5. The lowest BCUT2D eigenvalue weighted by molar-refractivity contribution is 0.0526. The van der Waals surface area contributed by atoms with Gasteiger partial charge in [-0.25, -0.2) is 4.79 Å². The zero-order valence-electron chi connectivity index (χ0n) is 11.1. The molecule has 0 bridgehead atoms. The summed E-state index contributed by atoms with van der Waals surface area (Å²) in [6.07, 6.45) is 0. The molecule has 0 heterocycles. The SMILES string of the molecule is CCOC(=O)c1ccc(Nc2ccc(O)cc2)c(N)c1. The lowest BCUT2D eigenvalue weighted by Crippen LogP contribution is -2.06. The van der Waals surface area contributed by atoms with E-state index in [-0.39, 0.29) is 5.75 Å². The van der Waals surface area contributed by atoms with Crippen molar-refractivity contribution in [2.75, 3.05) is 17.7 Å². The van der Waals surface area contributed by atoms with Gasteiger partial charge in [0.25, 0.3) is 0 Å². The number of esters is 1. The van der Waals surface area contributed by atoms with E-state index in [1.165, 1.54) is 0 Å². The highest BCUT2D eigenvalue weighted by Crippen LogP contribution is 2.25. The maximum absolute atomic E-state index is 11.6. The van der Waals surface area contributed by atoms with E-state index in [0.717, 1.165) is 5.69 Å². The van der Waals surface area contributed by atoms with Gasteiger partial charge in [-0.1, -0.05) is 0 Å². The average molecular weight is 272 g/mol. The fraction of sp³-hybridized carbons (Fsp3) is 0.133. The quantitative estimate of drug-likeness (QED) is 0.453. The summed E-state index contributed by atoms with van der Waals surface area (Å²) in [6.45, 7) is 2.08. The van der Waals surface area contributed by atoms with Gasteiger partial charge in [0.05, 0.1) is 23.5 Å². The highest BCUT2D eigenvalue weighted by atomic mass is 16.5. The van der Waals surface area contributed by atoms with Crippen LogP contribution in [0.5, 0.6) is 5.75 Å². The number of nitrogens with one attached hydrogen (secondary N) is 1. The van der Waals surface area contributed by atoms with Crippen molar-refractivity contribution in [1.29, 1.82) is 0 Å². The molecule has 5 nitrogen and oxygen atoms in total. The third-order valence-electron chi connectivity index (χ3n) is 2.71. The molecule has 0 amide bonds. The van der Waals surface area contributed by atoms with E-state index >= 15 is 0 Å². The first-order valence-corrected chi connectivity index (χ1v) is 6.23. The molecule has 0 unspecified atom stereocenters. The molecule has 2 aromatic rings. The second-order valence-electron chi connectivity index (χ2n) is 4.19. The van der Waals surface area contributed by atoms with Crippen LogP contribution in [0.1, 0.15) is 17.3 Å². The van der Waals surface area contributed by atoms with Gasteiger partial charge in [-0.15, -0.1) is 0 Å². The van der Waals surface area contributed by atoms with Crippen LogP contribution >= 0.6 is 0 Å². The lowest BCUT2D eigenvalue weighted by atomic mass is 10.1. The Bertz CT molecular complexity index is 609. The Kier molecular flexibility index (Phi) is 4.10. The molecular weight excluding hydrogens is 256 g/mol. The van der Waals surface area contributed by atoms with E-state index in [4.69, 9.17) is 10.5 Å². The summed E-state index contributed by atoms with van der Waals surface area (Å²) in [6, 6.07) is 11.5. The molecule has 0 radical (unpaired) electrons. The van der Waals surface area contributed by atoms with Gasteiger partial charge in [-0.3, -0.25) is 0 Å². The van der Waals surface area contributed by atoms with Gasteiger partial charge in [-0.05, 0) is 49.4 Å². The molecule has 104 valence electrons. The minimum atomic E-state index is -0.393. The summed E-state index contributed by atoms with van der Waals surface area (Å²) in [4.78, 5) is 11.6. The Morgan fingerprint density at radius 3 is 2.55 bits per heavy atom. The maximum Gasteiger partial charge on any atom is 0.338 e. The molecule has 0 aliphatic heterocycles. The summed E-state index contributed by atoms with van der Waals surface area (Å²) in [7, 11) is 0. The molecule has 5 heteroatoms. The van der Waals surface area contributed by atoms with E-state index in [1.54, 1.807) is 49.4 Å². The van der Waals surface area contributed by atoms with E-state index < -0.39 is 5.97 Å². The molecule has 0 fully saturated rings. The number of carbonyl (C=O) groups excluding carboxylic acids is 1. The highest BCUT2D eigenvalue weighted by molar-refractivity contribution is 5.92. The van der Waals surface area contributed by atoms with E-state index in [2.05, 4.69) is 5.32 Å². The molecule has 4 N–H and O–H groups in total. The van der Waals surface area contributed by atoms with Crippen LogP contribution in [0.3, 0.4) is 0 Å². The Morgan fingerprint density at radius 1 is 1.25 bits per heavy atom. The predicted molar refractivity (Wildman–Crippen MR) is 78.2 cm³/mol. The molecule has 0 saturated carbocycles. The number of phenols is 1. The smallest absolute Gasteiger partial charge is 0.338 e. The molecule has 0 spiro atoms. The van der Waals surface area contributed by atoms with Gasteiger partial charge in [0, 0.05) is 5.69 Å². The maximum atomic E-state index is 11.6. The van der Waals surface area contributed by atoms with Crippen LogP contribution < -0.4 is 11.1 Å². The van der Waals surface area contributed by atoms with Crippen LogP contribution in [0.2, 0.25) is 0 Å². The van der Waals surface area contributed by atoms with Crippen LogP contribution in [-0.2, 0) is 4.74 Å². The van der Waals surface area contributed by atoms with Crippen LogP contribution in [0.15, 0.2) is 42.5 Å². The van der Waals surface area contributed by atoms with Gasteiger partial charge in [0.1, 0.15) is 5.75 Å². The molecule has 2 aromatic carbocycles. The molecule has 0 saturated heterocycles. The number of anilines is 3. The summed E-state index contributed by atoms with van der Waals surface area (Å²) in [5, 5.41) is 12.3. The van der Waals surface area contributed by atoms with Crippen LogP contribution in [0.4, 0.5) is 17.1 Å². The van der Waals surface area contributed by atoms with E-state index in [9.17, 15) is 9.90 Å². The summed E-state index contributed by atoms with van der Waals surface area (Å²) in [5.74, 6) is -0.198. The van der Waals surface area contributed by atoms with Gasteiger partial charge >= 0.3 is 5.97 Å². The minimum Gasteiger partial charge on any atom is -0.508 e. The van der Waals surface area contributed by atoms with Gasteiger partial charge in [0.2, 0.25) is 0 Å². The van der Waals surface area contributed by atoms with Crippen molar-refractivity contribution >= 4 is 23.0 Å². The Balaban J connectivity index is 2.17. The first-order chi connectivity index (χ1) is 9.60. The molecule has 20 heavy (non-hydrogen) atoms. The Hall–Kier alpha value is -2.69. The normalized spacial score (nSPS) is 10.1. The molecule has 0 atom stereocenters. The molecule has 0 aliphatic rings. The number of carbonyl (C=O) groups is 1. The Morgan fingerprint density at radius 2 is 1.95 bits per heavy atom. The number of hydrogen-bond acceptors (Lipinski definition) is 5. The summed E-state index contributed by atoms with van der Waals surface area (Å²) >= 11 is 0. The summed E-state index contributed by atoms with van der Waals surface area (Å²) < 4.78 is 4.91. The van der Waals surface area contributed by atoms with E-state index in [1.807, 2.05) is 0 Å². The number of aromatic hydroxyl groups is 1. The standard InChI is InChI=1S/C15H16N2O3/c1-2-20-15(19)10-3-8-14(13(16)9-10)17-11-4-6-12(18)7-5-11/h3-9,17-18H,2,16H2,1H3. The first-order valence-electron chi connectivity index (χ1n) is 6.23. The largest absolute Gasteiger partial charge is 0.508 e. The van der Waals surface area contributed by atoms with Gasteiger partial charge < -0.3 is 20.9 Å². The number of benzene rings is 2. The number of hydrogen-bond donors (Lipinski definition) is 3. The Labute approximate surface area is 117 Å². The average Bonchev–Trinajstić information content (AvgIpc) is 2.43. The number of ether oxygens (including phenoxy) is 1. The minimum absolute atomic E-state index is 0.196. The van der Waals surface area contributed by atoms with Crippen molar-refractivity contribution in [3.63, 3.8) is 0 Å². The lowest BCUT2D eigenvalue weighted by Gasteiger charge is -2.10. The number of rotatable bonds is 4. The molecule has 0 aliphatic carbocycles. The van der Waals surface area contributed by atoms with Crippen molar-refractivity contribution in [1.82, 2.24) is 0 Å². The van der Waals surface area contributed by atoms with Gasteiger partial charge in [0.15, 0.2) is 0 Å². The third-order valence-corrected chi connectivity index (χ3v) is 2.71.